The monoisotopic (exact) mass is 437 g/mol. The Balaban J connectivity index is 1.45. The van der Waals surface area contributed by atoms with E-state index < -0.39 is 0 Å². The SMILES string of the molecule is C=C(c1ccc(C)c(-c2ccc(NC(C)C)nc2)c1)N1CCC(c2ccc(C#N)nc2)CC1. The van der Waals surface area contributed by atoms with Crippen molar-refractivity contribution in [3.05, 3.63) is 83.8 Å². The topological polar surface area (TPSA) is 64.8 Å². The Morgan fingerprint density at radius 3 is 2.48 bits per heavy atom. The van der Waals surface area contributed by atoms with E-state index in [1.54, 1.807) is 0 Å². The molecule has 0 aliphatic carbocycles. The molecule has 3 aromatic rings. The molecular formula is C28H31N5. The number of hydrogen-bond donors (Lipinski definition) is 1. The Hall–Kier alpha value is -3.65. The van der Waals surface area contributed by atoms with E-state index in [9.17, 15) is 0 Å². The van der Waals surface area contributed by atoms with E-state index in [4.69, 9.17) is 5.26 Å². The summed E-state index contributed by atoms with van der Waals surface area (Å²) in [6.45, 7) is 12.7. The number of rotatable bonds is 6. The average Bonchev–Trinajstić information content (AvgIpc) is 2.84. The zero-order chi connectivity index (χ0) is 23.4. The summed E-state index contributed by atoms with van der Waals surface area (Å²) in [4.78, 5) is 11.2. The third-order valence-corrected chi connectivity index (χ3v) is 6.33. The van der Waals surface area contributed by atoms with Crippen molar-refractivity contribution >= 4 is 11.5 Å². The van der Waals surface area contributed by atoms with Gasteiger partial charge in [0.25, 0.3) is 0 Å². The second kappa shape index (κ2) is 9.87. The van der Waals surface area contributed by atoms with Gasteiger partial charge in [0.1, 0.15) is 17.6 Å². The lowest BCUT2D eigenvalue weighted by molar-refractivity contribution is 0.299. The van der Waals surface area contributed by atoms with Crippen molar-refractivity contribution < 1.29 is 0 Å². The maximum absolute atomic E-state index is 8.96. The van der Waals surface area contributed by atoms with Crippen molar-refractivity contribution in [1.82, 2.24) is 14.9 Å². The Morgan fingerprint density at radius 2 is 1.88 bits per heavy atom. The number of nitriles is 1. The van der Waals surface area contributed by atoms with Gasteiger partial charge in [-0.15, -0.1) is 0 Å². The molecule has 5 nitrogen and oxygen atoms in total. The molecule has 1 aliphatic rings. The lowest BCUT2D eigenvalue weighted by Crippen LogP contribution is -2.31. The third-order valence-electron chi connectivity index (χ3n) is 6.33. The number of aryl methyl sites for hydroxylation is 1. The Bertz CT molecular complexity index is 1150. The lowest BCUT2D eigenvalue weighted by Gasteiger charge is -2.35. The molecule has 0 spiro atoms. The van der Waals surface area contributed by atoms with Crippen LogP contribution in [-0.4, -0.2) is 34.0 Å². The highest BCUT2D eigenvalue weighted by Gasteiger charge is 2.22. The molecule has 0 radical (unpaired) electrons. The van der Waals surface area contributed by atoms with E-state index in [0.29, 0.717) is 17.7 Å². The largest absolute Gasteiger partial charge is 0.371 e. The molecule has 0 amide bonds. The summed E-state index contributed by atoms with van der Waals surface area (Å²) in [6.07, 6.45) is 5.91. The summed E-state index contributed by atoms with van der Waals surface area (Å²) in [5.74, 6) is 1.37. The molecule has 0 bridgehead atoms. The van der Waals surface area contributed by atoms with Gasteiger partial charge in [0, 0.05) is 42.8 Å². The molecule has 2 aromatic heterocycles. The number of hydrogen-bond acceptors (Lipinski definition) is 5. The number of pyridine rings is 2. The molecule has 1 fully saturated rings. The van der Waals surface area contributed by atoms with Gasteiger partial charge < -0.3 is 10.2 Å². The van der Waals surface area contributed by atoms with Crippen LogP contribution in [0.1, 0.15) is 55.0 Å². The first-order chi connectivity index (χ1) is 15.9. The molecule has 1 N–H and O–H groups in total. The minimum atomic E-state index is 0.356. The first-order valence-corrected chi connectivity index (χ1v) is 11.6. The number of aromatic nitrogens is 2. The minimum Gasteiger partial charge on any atom is -0.371 e. The summed E-state index contributed by atoms with van der Waals surface area (Å²) in [7, 11) is 0. The number of nitrogens with zero attached hydrogens (tertiary/aromatic N) is 4. The van der Waals surface area contributed by atoms with Gasteiger partial charge >= 0.3 is 0 Å². The highest BCUT2D eigenvalue weighted by molar-refractivity contribution is 5.73. The van der Waals surface area contributed by atoms with Crippen molar-refractivity contribution in [2.75, 3.05) is 18.4 Å². The molecule has 3 heterocycles. The standard InChI is InChI=1S/C28H31N5/c1-19(2)32-28-10-8-25(18-31-28)27-15-23(6-5-20(27)3)21(4)33-13-11-22(12-14-33)24-7-9-26(16-29)30-17-24/h5-10,15,17-19,22H,4,11-14H2,1-3H3,(H,31,32). The van der Waals surface area contributed by atoms with Crippen LogP contribution in [0.15, 0.2) is 61.4 Å². The van der Waals surface area contributed by atoms with Gasteiger partial charge in [-0.1, -0.05) is 24.8 Å². The molecular weight excluding hydrogens is 406 g/mol. The van der Waals surface area contributed by atoms with Crippen LogP contribution in [0.2, 0.25) is 0 Å². The Morgan fingerprint density at radius 1 is 1.09 bits per heavy atom. The van der Waals surface area contributed by atoms with E-state index in [-0.39, 0.29) is 0 Å². The summed E-state index contributed by atoms with van der Waals surface area (Å²) < 4.78 is 0. The molecule has 0 atom stereocenters. The maximum atomic E-state index is 8.96. The van der Waals surface area contributed by atoms with Crippen molar-refractivity contribution in [2.45, 2.75) is 45.6 Å². The average molecular weight is 438 g/mol. The summed E-state index contributed by atoms with van der Waals surface area (Å²) in [5.41, 5.74) is 7.45. The molecule has 33 heavy (non-hydrogen) atoms. The summed E-state index contributed by atoms with van der Waals surface area (Å²) >= 11 is 0. The van der Waals surface area contributed by atoms with Crippen LogP contribution in [0.4, 0.5) is 5.82 Å². The Labute approximate surface area is 196 Å². The zero-order valence-corrected chi connectivity index (χ0v) is 19.7. The summed E-state index contributed by atoms with van der Waals surface area (Å²) in [6, 6.07) is 17.0. The van der Waals surface area contributed by atoms with Crippen molar-refractivity contribution in [1.29, 1.82) is 5.26 Å². The molecule has 1 saturated heterocycles. The van der Waals surface area contributed by atoms with Crippen molar-refractivity contribution in [2.24, 2.45) is 0 Å². The second-order valence-corrected chi connectivity index (χ2v) is 9.06. The fraction of sp³-hybridized carbons (Fsp3) is 0.321. The normalized spacial score (nSPS) is 14.2. The van der Waals surface area contributed by atoms with Crippen LogP contribution >= 0.6 is 0 Å². The van der Waals surface area contributed by atoms with Crippen molar-refractivity contribution in [3.8, 4) is 17.2 Å². The van der Waals surface area contributed by atoms with E-state index in [1.165, 1.54) is 16.7 Å². The number of anilines is 1. The first kappa shape index (κ1) is 22.5. The van der Waals surface area contributed by atoms with Crippen LogP contribution in [0.3, 0.4) is 0 Å². The fourth-order valence-corrected chi connectivity index (χ4v) is 4.43. The molecule has 1 aromatic carbocycles. The van der Waals surface area contributed by atoms with Gasteiger partial charge in [0.2, 0.25) is 0 Å². The van der Waals surface area contributed by atoms with Gasteiger partial charge in [-0.25, -0.2) is 9.97 Å². The quantitative estimate of drug-likeness (QED) is 0.513. The number of benzene rings is 1. The number of likely N-dealkylation sites (tertiary alicyclic amines) is 1. The highest BCUT2D eigenvalue weighted by atomic mass is 15.1. The molecule has 5 heteroatoms. The zero-order valence-electron chi connectivity index (χ0n) is 19.7. The highest BCUT2D eigenvalue weighted by Crippen LogP contribution is 2.33. The molecule has 1 aliphatic heterocycles. The van der Waals surface area contributed by atoms with Gasteiger partial charge in [-0.2, -0.15) is 5.26 Å². The van der Waals surface area contributed by atoms with E-state index in [0.717, 1.165) is 48.6 Å². The third kappa shape index (κ3) is 5.23. The van der Waals surface area contributed by atoms with E-state index >= 15 is 0 Å². The summed E-state index contributed by atoms with van der Waals surface area (Å²) in [5, 5.41) is 12.3. The van der Waals surface area contributed by atoms with Crippen molar-refractivity contribution in [3.63, 3.8) is 0 Å². The van der Waals surface area contributed by atoms with E-state index in [1.807, 2.05) is 30.6 Å². The van der Waals surface area contributed by atoms with Crippen LogP contribution in [0, 0.1) is 18.3 Å². The Kier molecular flexibility index (Phi) is 6.74. The predicted molar refractivity (Wildman–Crippen MR) is 135 cm³/mol. The molecule has 4 rings (SSSR count). The predicted octanol–water partition coefficient (Wildman–Crippen LogP) is 5.99. The smallest absolute Gasteiger partial charge is 0.140 e. The van der Waals surface area contributed by atoms with Gasteiger partial charge in [0.15, 0.2) is 0 Å². The van der Waals surface area contributed by atoms with Crippen LogP contribution in [0.25, 0.3) is 16.8 Å². The lowest BCUT2D eigenvalue weighted by atomic mass is 9.89. The van der Waals surface area contributed by atoms with E-state index in [2.05, 4.69) is 77.9 Å². The van der Waals surface area contributed by atoms with Gasteiger partial charge in [0.05, 0.1) is 0 Å². The maximum Gasteiger partial charge on any atom is 0.140 e. The molecule has 0 unspecified atom stereocenters. The molecule has 0 saturated carbocycles. The first-order valence-electron chi connectivity index (χ1n) is 11.6. The van der Waals surface area contributed by atoms with Crippen LogP contribution in [0.5, 0.6) is 0 Å². The van der Waals surface area contributed by atoms with Crippen LogP contribution in [-0.2, 0) is 0 Å². The number of piperidine rings is 1. The fourth-order valence-electron chi connectivity index (χ4n) is 4.43. The minimum absolute atomic E-state index is 0.356. The molecule has 168 valence electrons. The van der Waals surface area contributed by atoms with Gasteiger partial charge in [-0.3, -0.25) is 0 Å². The number of nitrogens with one attached hydrogen (secondary N) is 1. The second-order valence-electron chi connectivity index (χ2n) is 9.06. The van der Waals surface area contributed by atoms with Gasteiger partial charge in [-0.05, 0) is 86.1 Å². The van der Waals surface area contributed by atoms with Crippen LogP contribution < -0.4 is 5.32 Å².